The average molecular weight is 939 g/mol. The molecule has 0 aliphatic carbocycles. The number of phosphoric ester groups is 3. The molecule has 0 aromatic rings. The van der Waals surface area contributed by atoms with E-state index < -0.39 is 23.5 Å². The van der Waals surface area contributed by atoms with Crippen molar-refractivity contribution in [2.45, 2.75) is 234 Å². The number of hydrogen-bond donors (Lipinski definition) is 0. The van der Waals surface area contributed by atoms with Gasteiger partial charge in [-0.25, -0.2) is 0 Å². The molecule has 0 radical (unpaired) electrons. The minimum atomic E-state index is -4.05. The van der Waals surface area contributed by atoms with Crippen LogP contribution in [0.1, 0.15) is 234 Å². The van der Waals surface area contributed by atoms with Crippen LogP contribution in [0.4, 0.5) is 0 Å². The van der Waals surface area contributed by atoms with Crippen LogP contribution in [0.15, 0.2) is 0 Å². The van der Waals surface area contributed by atoms with E-state index in [1.807, 2.05) is 0 Å². The van der Waals surface area contributed by atoms with E-state index in [1.54, 1.807) is 0 Å². The molecule has 0 aliphatic rings. The maximum atomic E-state index is 11.4. The molecule has 0 rings (SSSR count). The van der Waals surface area contributed by atoms with Crippen molar-refractivity contribution in [3.05, 3.63) is 0 Å². The zero-order chi connectivity index (χ0) is 43.2. The van der Waals surface area contributed by atoms with Gasteiger partial charge in [0, 0.05) is 0 Å². The van der Waals surface area contributed by atoms with Crippen LogP contribution in [0.3, 0.4) is 0 Å². The number of phosphoric acid groups is 3. The fourth-order valence-electron chi connectivity index (χ4n) is 5.40. The quantitative estimate of drug-likeness (QED) is 0.0419. The van der Waals surface area contributed by atoms with Crippen LogP contribution < -0.4 is 14.7 Å². The normalized spacial score (nSPS) is 11.7. The molecule has 58 heavy (non-hydrogen) atoms. The first-order chi connectivity index (χ1) is 27.4. The minimum Gasteiger partial charge on any atom is -0.756 e. The monoisotopic (exact) mass is 938 g/mol. The molecule has 0 bridgehead atoms. The van der Waals surface area contributed by atoms with E-state index >= 15 is 0 Å². The van der Waals surface area contributed by atoms with Crippen LogP contribution in [0.2, 0.25) is 0 Å². The fourth-order valence-corrected chi connectivity index (χ4v) is 7.74. The summed E-state index contributed by atoms with van der Waals surface area (Å²) >= 11 is 0. The van der Waals surface area contributed by atoms with E-state index in [0.29, 0.717) is 0 Å². The SMILES string of the molecule is CCCCCCCOP(=O)([O-])OCCCCCCC.CCCCCCCOP(=O)([O-])OCCCCCCC.CCCCCCCOP(=O)([O-])OCCCCCCC.[Co+3]. The summed E-state index contributed by atoms with van der Waals surface area (Å²) in [5.41, 5.74) is 0. The molecule has 0 spiro atoms. The van der Waals surface area contributed by atoms with Crippen LogP contribution in [-0.2, 0) is 57.6 Å². The second-order valence-corrected chi connectivity index (χ2v) is 19.1. The third-order valence-electron chi connectivity index (χ3n) is 8.98. The number of hydrogen-bond acceptors (Lipinski definition) is 12. The molecule has 0 aromatic heterocycles. The van der Waals surface area contributed by atoms with Gasteiger partial charge in [0.2, 0.25) is 0 Å². The fraction of sp³-hybridized carbons (Fsp3) is 1.00. The largest absolute Gasteiger partial charge is 3.00 e. The Bertz CT molecular complexity index is 762. The smallest absolute Gasteiger partial charge is 0.756 e. The third-order valence-corrected chi connectivity index (χ3v) is 12.0. The standard InChI is InChI=1S/3C14H31O4P.Co/c3*1-3-5-7-9-11-13-17-19(15,16)18-14-12-10-8-6-4-2;/h3*3-14H2,1-2H3,(H,15,16);/q;;;+3/p-3. The van der Waals surface area contributed by atoms with Crippen molar-refractivity contribution < 1.29 is 72.3 Å². The molecule has 354 valence electrons. The molecule has 0 amide bonds. The molecule has 16 heteroatoms. The van der Waals surface area contributed by atoms with Gasteiger partial charge in [-0.05, 0) is 38.5 Å². The Morgan fingerprint density at radius 2 is 0.379 bits per heavy atom. The van der Waals surface area contributed by atoms with Crippen LogP contribution in [0.5, 0.6) is 0 Å². The number of unbranched alkanes of at least 4 members (excludes halogenated alkanes) is 24. The van der Waals surface area contributed by atoms with Gasteiger partial charge in [0.1, 0.15) is 0 Å². The van der Waals surface area contributed by atoms with Gasteiger partial charge in [0.05, 0.1) is 39.6 Å². The average Bonchev–Trinajstić information content (AvgIpc) is 3.17. The van der Waals surface area contributed by atoms with E-state index in [9.17, 15) is 28.4 Å². The predicted octanol–water partition coefficient (Wildman–Crippen LogP) is 13.3. The Hall–Kier alpha value is 0.836. The molecule has 0 heterocycles. The summed E-state index contributed by atoms with van der Waals surface area (Å²) in [4.78, 5) is 34.2. The van der Waals surface area contributed by atoms with Gasteiger partial charge >= 0.3 is 16.8 Å². The van der Waals surface area contributed by atoms with Crippen LogP contribution >= 0.6 is 23.5 Å². The number of rotatable bonds is 42. The van der Waals surface area contributed by atoms with E-state index in [-0.39, 0.29) is 56.4 Å². The summed E-state index contributed by atoms with van der Waals surface area (Å²) in [5.74, 6) is 0. The molecule has 0 N–H and O–H groups in total. The van der Waals surface area contributed by atoms with Crippen molar-refractivity contribution in [3.8, 4) is 0 Å². The molecular formula is C42H90CoO12P3. The molecule has 0 fully saturated rings. The summed E-state index contributed by atoms with van der Waals surface area (Å²) in [6.45, 7) is 14.4. The van der Waals surface area contributed by atoms with Crippen LogP contribution in [0.25, 0.3) is 0 Å². The van der Waals surface area contributed by atoms with Gasteiger partial charge < -0.3 is 41.8 Å². The Morgan fingerprint density at radius 1 is 0.259 bits per heavy atom. The first-order valence-electron chi connectivity index (χ1n) is 23.2. The van der Waals surface area contributed by atoms with Gasteiger partial charge in [-0.1, -0.05) is 196 Å². The van der Waals surface area contributed by atoms with Crippen molar-refractivity contribution in [2.24, 2.45) is 0 Å². The minimum absolute atomic E-state index is 0. The van der Waals surface area contributed by atoms with E-state index in [0.717, 1.165) is 116 Å². The van der Waals surface area contributed by atoms with Crippen molar-refractivity contribution in [2.75, 3.05) is 39.6 Å². The molecule has 0 unspecified atom stereocenters. The molecule has 0 aromatic carbocycles. The molecule has 0 aliphatic heterocycles. The summed E-state index contributed by atoms with van der Waals surface area (Å²) in [7, 11) is -12.2. The van der Waals surface area contributed by atoms with Crippen molar-refractivity contribution in [1.82, 2.24) is 0 Å². The molecule has 0 saturated carbocycles. The van der Waals surface area contributed by atoms with Crippen molar-refractivity contribution in [1.29, 1.82) is 0 Å². The first-order valence-corrected chi connectivity index (χ1v) is 27.5. The molecule has 0 saturated heterocycles. The molecule has 0 atom stereocenters. The topological polar surface area (TPSA) is 176 Å². The zero-order valence-corrected chi connectivity index (χ0v) is 41.8. The Morgan fingerprint density at radius 3 is 0.500 bits per heavy atom. The van der Waals surface area contributed by atoms with Crippen LogP contribution in [-0.4, -0.2) is 39.6 Å². The third kappa shape index (κ3) is 58.9. The Kier molecular flexibility index (Phi) is 57.0. The Labute approximate surface area is 368 Å². The van der Waals surface area contributed by atoms with E-state index in [4.69, 9.17) is 27.1 Å². The van der Waals surface area contributed by atoms with Gasteiger partial charge in [-0.15, -0.1) is 0 Å². The van der Waals surface area contributed by atoms with Gasteiger partial charge in [0.15, 0.2) is 0 Å². The maximum absolute atomic E-state index is 11.4. The maximum Gasteiger partial charge on any atom is 3.00 e. The predicted molar refractivity (Wildman–Crippen MR) is 231 cm³/mol. The summed E-state index contributed by atoms with van der Waals surface area (Å²) in [6.07, 6.45) is 31.9. The summed E-state index contributed by atoms with van der Waals surface area (Å²) in [5, 5.41) is 0. The second kappa shape index (κ2) is 50.5. The van der Waals surface area contributed by atoms with E-state index in [2.05, 4.69) is 41.5 Å². The zero-order valence-electron chi connectivity index (χ0n) is 38.0. The second-order valence-electron chi connectivity index (χ2n) is 14.8. The molecule has 12 nitrogen and oxygen atoms in total. The van der Waals surface area contributed by atoms with Gasteiger partial charge in [0.25, 0.3) is 23.5 Å². The van der Waals surface area contributed by atoms with Crippen molar-refractivity contribution in [3.63, 3.8) is 0 Å². The summed E-state index contributed by atoms with van der Waals surface area (Å²) in [6, 6.07) is 0. The van der Waals surface area contributed by atoms with E-state index in [1.165, 1.54) is 77.0 Å². The van der Waals surface area contributed by atoms with Gasteiger partial charge in [-0.3, -0.25) is 13.7 Å². The van der Waals surface area contributed by atoms with Gasteiger partial charge in [-0.2, -0.15) is 0 Å². The first kappa shape index (κ1) is 65.5. The van der Waals surface area contributed by atoms with Crippen molar-refractivity contribution >= 4 is 23.5 Å². The summed E-state index contributed by atoms with van der Waals surface area (Å²) < 4.78 is 63.1. The van der Waals surface area contributed by atoms with Crippen LogP contribution in [0, 0.1) is 0 Å². The molecular weight excluding hydrogens is 848 g/mol. The Balaban J connectivity index is -0.000000374.